The van der Waals surface area contributed by atoms with E-state index in [1.54, 1.807) is 7.11 Å². The number of benzene rings is 1. The van der Waals surface area contributed by atoms with Crippen molar-refractivity contribution < 1.29 is 4.74 Å². The first-order valence-electron chi connectivity index (χ1n) is 6.28. The van der Waals surface area contributed by atoms with Gasteiger partial charge < -0.3 is 15.4 Å². The molecule has 0 fully saturated rings. The zero-order valence-corrected chi connectivity index (χ0v) is 11.9. The number of ether oxygens (including phenoxy) is 1. The Morgan fingerprint density at radius 3 is 2.39 bits per heavy atom. The molecule has 0 aliphatic carbocycles. The first kappa shape index (κ1) is 15.0. The van der Waals surface area contributed by atoms with Crippen LogP contribution in [0.4, 0.5) is 0 Å². The van der Waals surface area contributed by atoms with Crippen molar-refractivity contribution in [3.63, 3.8) is 0 Å². The zero-order valence-electron chi connectivity index (χ0n) is 11.9. The van der Waals surface area contributed by atoms with Gasteiger partial charge in [0, 0.05) is 25.2 Å². The Hall–Kier alpha value is -1.10. The van der Waals surface area contributed by atoms with Crippen LogP contribution in [0.2, 0.25) is 0 Å². The third-order valence-electron chi connectivity index (χ3n) is 3.15. The highest BCUT2D eigenvalue weighted by Gasteiger charge is 2.18. The van der Waals surface area contributed by atoms with Crippen molar-refractivity contribution in [2.24, 2.45) is 5.73 Å². The molecule has 0 amide bonds. The number of rotatable bonds is 7. The molecule has 4 heteroatoms. The van der Waals surface area contributed by atoms with E-state index in [0.29, 0.717) is 6.54 Å². The van der Waals surface area contributed by atoms with E-state index in [0.717, 1.165) is 24.4 Å². The van der Waals surface area contributed by atoms with Crippen molar-refractivity contribution >= 4 is 0 Å². The topological polar surface area (TPSA) is 41.7 Å². The standard InChI is InChI=1S/C14H25N3O/c1-16(2)9-10-17(3)13(11-15)12-7-5-6-8-14(12)18-4/h5-8,13H,9-11,15H2,1-4H3. The van der Waals surface area contributed by atoms with Crippen LogP contribution < -0.4 is 10.5 Å². The monoisotopic (exact) mass is 251 g/mol. The van der Waals surface area contributed by atoms with Crippen LogP contribution >= 0.6 is 0 Å². The van der Waals surface area contributed by atoms with Crippen molar-refractivity contribution in [1.29, 1.82) is 0 Å². The van der Waals surface area contributed by atoms with E-state index in [2.05, 4.69) is 37.0 Å². The summed E-state index contributed by atoms with van der Waals surface area (Å²) in [5.74, 6) is 0.907. The molecule has 18 heavy (non-hydrogen) atoms. The third-order valence-corrected chi connectivity index (χ3v) is 3.15. The predicted molar refractivity (Wildman–Crippen MR) is 76.0 cm³/mol. The van der Waals surface area contributed by atoms with Crippen molar-refractivity contribution in [3.8, 4) is 5.75 Å². The van der Waals surface area contributed by atoms with Gasteiger partial charge in [-0.2, -0.15) is 0 Å². The van der Waals surface area contributed by atoms with E-state index >= 15 is 0 Å². The maximum absolute atomic E-state index is 5.92. The van der Waals surface area contributed by atoms with Gasteiger partial charge in [0.1, 0.15) is 5.75 Å². The summed E-state index contributed by atoms with van der Waals surface area (Å²) in [5.41, 5.74) is 7.08. The first-order chi connectivity index (χ1) is 8.60. The summed E-state index contributed by atoms with van der Waals surface area (Å²) in [4.78, 5) is 4.45. The molecule has 0 spiro atoms. The summed E-state index contributed by atoms with van der Waals surface area (Å²) < 4.78 is 5.41. The lowest BCUT2D eigenvalue weighted by atomic mass is 10.0. The molecule has 102 valence electrons. The largest absolute Gasteiger partial charge is 0.496 e. The molecule has 0 saturated carbocycles. The molecule has 0 aromatic heterocycles. The number of para-hydroxylation sites is 1. The number of hydrogen-bond donors (Lipinski definition) is 1. The summed E-state index contributed by atoms with van der Waals surface area (Å²) >= 11 is 0. The molecule has 0 bridgehead atoms. The highest BCUT2D eigenvalue weighted by molar-refractivity contribution is 5.36. The third kappa shape index (κ3) is 3.98. The summed E-state index contributed by atoms with van der Waals surface area (Å²) in [7, 11) is 7.96. The molecule has 0 saturated heterocycles. The summed E-state index contributed by atoms with van der Waals surface area (Å²) in [6.45, 7) is 2.58. The summed E-state index contributed by atoms with van der Waals surface area (Å²) in [6.07, 6.45) is 0. The van der Waals surface area contributed by atoms with Crippen LogP contribution in [-0.2, 0) is 0 Å². The molecule has 1 aromatic carbocycles. The van der Waals surface area contributed by atoms with Crippen LogP contribution in [0.1, 0.15) is 11.6 Å². The molecular weight excluding hydrogens is 226 g/mol. The van der Waals surface area contributed by atoms with Gasteiger partial charge in [-0.3, -0.25) is 4.90 Å². The molecule has 0 radical (unpaired) electrons. The van der Waals surface area contributed by atoms with Crippen molar-refractivity contribution in [1.82, 2.24) is 9.80 Å². The predicted octanol–water partition coefficient (Wildman–Crippen LogP) is 1.19. The minimum absolute atomic E-state index is 0.195. The van der Waals surface area contributed by atoms with Gasteiger partial charge in [-0.25, -0.2) is 0 Å². The second-order valence-electron chi connectivity index (χ2n) is 4.78. The van der Waals surface area contributed by atoms with E-state index in [1.165, 1.54) is 0 Å². The van der Waals surface area contributed by atoms with Crippen molar-refractivity contribution in [2.45, 2.75) is 6.04 Å². The smallest absolute Gasteiger partial charge is 0.123 e. The molecule has 4 nitrogen and oxygen atoms in total. The van der Waals surface area contributed by atoms with Gasteiger partial charge in [-0.1, -0.05) is 18.2 Å². The van der Waals surface area contributed by atoms with E-state index < -0.39 is 0 Å². The van der Waals surface area contributed by atoms with Gasteiger partial charge >= 0.3 is 0 Å². The fourth-order valence-electron chi connectivity index (χ4n) is 2.00. The van der Waals surface area contributed by atoms with Gasteiger partial charge in [-0.15, -0.1) is 0 Å². The molecule has 0 heterocycles. The van der Waals surface area contributed by atoms with E-state index in [4.69, 9.17) is 10.5 Å². The summed E-state index contributed by atoms with van der Waals surface area (Å²) in [6, 6.07) is 8.28. The molecule has 0 aliphatic heterocycles. The second-order valence-corrected chi connectivity index (χ2v) is 4.78. The first-order valence-corrected chi connectivity index (χ1v) is 6.28. The fourth-order valence-corrected chi connectivity index (χ4v) is 2.00. The van der Waals surface area contributed by atoms with Crippen LogP contribution in [0.5, 0.6) is 5.75 Å². The van der Waals surface area contributed by atoms with E-state index in [9.17, 15) is 0 Å². The number of nitrogens with zero attached hydrogens (tertiary/aromatic N) is 2. The lowest BCUT2D eigenvalue weighted by molar-refractivity contribution is 0.219. The maximum Gasteiger partial charge on any atom is 0.123 e. The maximum atomic E-state index is 5.92. The lowest BCUT2D eigenvalue weighted by Gasteiger charge is -2.29. The Bertz CT molecular complexity index is 355. The Balaban J connectivity index is 2.81. The average Bonchev–Trinajstić information content (AvgIpc) is 2.37. The van der Waals surface area contributed by atoms with Crippen molar-refractivity contribution in [3.05, 3.63) is 29.8 Å². The highest BCUT2D eigenvalue weighted by atomic mass is 16.5. The number of likely N-dealkylation sites (N-methyl/N-ethyl adjacent to an activating group) is 2. The van der Waals surface area contributed by atoms with Gasteiger partial charge in [0.2, 0.25) is 0 Å². The van der Waals surface area contributed by atoms with Crippen LogP contribution in [0.15, 0.2) is 24.3 Å². The molecule has 1 atom stereocenters. The Kier molecular flexibility index (Phi) is 6.12. The number of nitrogens with two attached hydrogens (primary N) is 1. The van der Waals surface area contributed by atoms with Crippen LogP contribution in [0, 0.1) is 0 Å². The minimum Gasteiger partial charge on any atom is -0.496 e. The van der Waals surface area contributed by atoms with Gasteiger partial charge in [0.15, 0.2) is 0 Å². The molecule has 1 rings (SSSR count). The average molecular weight is 251 g/mol. The normalized spacial score (nSPS) is 13.1. The minimum atomic E-state index is 0.195. The quantitative estimate of drug-likeness (QED) is 0.790. The van der Waals surface area contributed by atoms with Crippen LogP contribution in [0.3, 0.4) is 0 Å². The fraction of sp³-hybridized carbons (Fsp3) is 0.571. The molecule has 1 aromatic rings. The zero-order chi connectivity index (χ0) is 13.5. The molecule has 0 aliphatic rings. The Morgan fingerprint density at radius 1 is 1.17 bits per heavy atom. The van der Waals surface area contributed by atoms with Gasteiger partial charge in [-0.05, 0) is 27.2 Å². The summed E-state index contributed by atoms with van der Waals surface area (Å²) in [5, 5.41) is 0. The number of hydrogen-bond acceptors (Lipinski definition) is 4. The van der Waals surface area contributed by atoms with Gasteiger partial charge in [0.05, 0.1) is 13.2 Å². The van der Waals surface area contributed by atoms with E-state index in [-0.39, 0.29) is 6.04 Å². The Labute approximate surface area is 110 Å². The van der Waals surface area contributed by atoms with Crippen LogP contribution in [-0.4, -0.2) is 57.7 Å². The second kappa shape index (κ2) is 7.36. The Morgan fingerprint density at radius 2 is 1.83 bits per heavy atom. The molecular formula is C14H25N3O. The van der Waals surface area contributed by atoms with Crippen molar-refractivity contribution in [2.75, 3.05) is 47.9 Å². The number of methoxy groups -OCH3 is 1. The highest BCUT2D eigenvalue weighted by Crippen LogP contribution is 2.27. The van der Waals surface area contributed by atoms with E-state index in [1.807, 2.05) is 18.2 Å². The van der Waals surface area contributed by atoms with Crippen LogP contribution in [0.25, 0.3) is 0 Å². The SMILES string of the molecule is COc1ccccc1C(CN)N(C)CCN(C)C. The lowest BCUT2D eigenvalue weighted by Crippen LogP contribution is -2.35. The molecule has 1 unspecified atom stereocenters. The molecule has 2 N–H and O–H groups in total. The van der Waals surface area contributed by atoms with Gasteiger partial charge in [0.25, 0.3) is 0 Å².